The fourth-order valence-electron chi connectivity index (χ4n) is 1.65. The van der Waals surface area contributed by atoms with Gasteiger partial charge in [-0.1, -0.05) is 0 Å². The van der Waals surface area contributed by atoms with Crippen LogP contribution in [0.5, 0.6) is 5.75 Å². The third-order valence-electron chi connectivity index (χ3n) is 2.50. The molecule has 0 aliphatic carbocycles. The third-order valence-corrected chi connectivity index (χ3v) is 2.78. The predicted octanol–water partition coefficient (Wildman–Crippen LogP) is 2.45. The number of rotatable bonds is 6. The average Bonchev–Trinajstić information content (AvgIpc) is 2.38. The fourth-order valence-corrected chi connectivity index (χ4v) is 1.89. The van der Waals surface area contributed by atoms with Gasteiger partial charge in [0, 0.05) is 11.4 Å². The number of carbonyl (C=O) groups is 1. The Balaban J connectivity index is 3.25. The van der Waals surface area contributed by atoms with E-state index < -0.39 is 10.9 Å². The second kappa shape index (κ2) is 6.94. The van der Waals surface area contributed by atoms with Crippen LogP contribution in [0.15, 0.2) is 12.1 Å². The SMILES string of the molecule is CCOC(=O)Cc1c(CCl)cc(OC)cc1[N+](=O)[O-]. The number of methoxy groups -OCH3 is 1. The number of esters is 1. The topological polar surface area (TPSA) is 78.7 Å². The second-order valence-electron chi connectivity index (χ2n) is 3.66. The minimum Gasteiger partial charge on any atom is -0.496 e. The van der Waals surface area contributed by atoms with Gasteiger partial charge in [-0.15, -0.1) is 11.6 Å². The van der Waals surface area contributed by atoms with Crippen molar-refractivity contribution < 1.29 is 19.2 Å². The molecule has 7 heteroatoms. The van der Waals surface area contributed by atoms with Crippen LogP contribution < -0.4 is 4.74 Å². The highest BCUT2D eigenvalue weighted by Crippen LogP contribution is 2.30. The molecule has 104 valence electrons. The molecule has 0 saturated carbocycles. The van der Waals surface area contributed by atoms with Crippen LogP contribution in [0.25, 0.3) is 0 Å². The largest absolute Gasteiger partial charge is 0.496 e. The van der Waals surface area contributed by atoms with Crippen molar-refractivity contribution in [2.75, 3.05) is 13.7 Å². The van der Waals surface area contributed by atoms with Gasteiger partial charge in [0.15, 0.2) is 0 Å². The lowest BCUT2D eigenvalue weighted by atomic mass is 10.0. The first-order valence-electron chi connectivity index (χ1n) is 5.59. The Morgan fingerprint density at radius 3 is 2.63 bits per heavy atom. The molecule has 0 unspecified atom stereocenters. The van der Waals surface area contributed by atoms with Gasteiger partial charge in [-0.05, 0) is 18.6 Å². The van der Waals surface area contributed by atoms with Gasteiger partial charge in [-0.2, -0.15) is 0 Å². The van der Waals surface area contributed by atoms with E-state index in [1.807, 2.05) is 0 Å². The molecule has 0 aliphatic heterocycles. The minimum absolute atomic E-state index is 0.0484. The van der Waals surface area contributed by atoms with Crippen LogP contribution in [0.3, 0.4) is 0 Å². The summed E-state index contributed by atoms with van der Waals surface area (Å²) in [5, 5.41) is 11.1. The minimum atomic E-state index is -0.562. The number of benzene rings is 1. The van der Waals surface area contributed by atoms with Gasteiger partial charge in [0.05, 0.1) is 31.1 Å². The zero-order valence-electron chi connectivity index (χ0n) is 10.6. The molecule has 0 bridgehead atoms. The number of nitro benzene ring substituents is 1. The summed E-state index contributed by atoms with van der Waals surface area (Å²) < 4.78 is 9.78. The van der Waals surface area contributed by atoms with Crippen LogP contribution in [-0.2, 0) is 21.8 Å². The van der Waals surface area contributed by atoms with E-state index in [9.17, 15) is 14.9 Å². The Bertz CT molecular complexity index is 489. The zero-order valence-corrected chi connectivity index (χ0v) is 11.4. The Morgan fingerprint density at radius 2 is 2.16 bits per heavy atom. The number of hydrogen-bond acceptors (Lipinski definition) is 5. The van der Waals surface area contributed by atoms with Crippen molar-refractivity contribution in [1.29, 1.82) is 0 Å². The summed E-state index contributed by atoms with van der Waals surface area (Å²) in [6.45, 7) is 1.89. The molecular weight excluding hydrogens is 274 g/mol. The van der Waals surface area contributed by atoms with Crippen molar-refractivity contribution in [1.82, 2.24) is 0 Å². The summed E-state index contributed by atoms with van der Waals surface area (Å²) >= 11 is 5.77. The Kier molecular flexibility index (Phi) is 5.57. The Morgan fingerprint density at radius 1 is 1.47 bits per heavy atom. The van der Waals surface area contributed by atoms with Crippen LogP contribution in [-0.4, -0.2) is 24.6 Å². The number of alkyl halides is 1. The van der Waals surface area contributed by atoms with Gasteiger partial charge in [-0.3, -0.25) is 14.9 Å². The number of carbonyl (C=O) groups excluding carboxylic acids is 1. The third kappa shape index (κ3) is 3.82. The highest BCUT2D eigenvalue weighted by atomic mass is 35.5. The van der Waals surface area contributed by atoms with Crippen molar-refractivity contribution >= 4 is 23.3 Å². The lowest BCUT2D eigenvalue weighted by molar-refractivity contribution is -0.385. The van der Waals surface area contributed by atoms with E-state index in [2.05, 4.69) is 0 Å². The number of nitrogens with zero attached hydrogens (tertiary/aromatic N) is 1. The molecule has 1 aromatic carbocycles. The number of nitro groups is 1. The van der Waals surface area contributed by atoms with Crippen molar-refractivity contribution in [3.63, 3.8) is 0 Å². The first kappa shape index (κ1) is 15.2. The number of hydrogen-bond donors (Lipinski definition) is 0. The summed E-state index contributed by atoms with van der Waals surface area (Å²) in [6, 6.07) is 2.85. The molecule has 0 spiro atoms. The van der Waals surface area contributed by atoms with Crippen molar-refractivity contribution in [2.45, 2.75) is 19.2 Å². The second-order valence-corrected chi connectivity index (χ2v) is 3.92. The van der Waals surface area contributed by atoms with Crippen molar-refractivity contribution in [3.05, 3.63) is 33.4 Å². The molecule has 0 fully saturated rings. The molecule has 0 N–H and O–H groups in total. The first-order valence-corrected chi connectivity index (χ1v) is 6.12. The standard InChI is InChI=1S/C12H14ClNO5/c1-3-19-12(15)6-10-8(7-13)4-9(18-2)5-11(10)14(16)17/h4-5H,3,6-7H2,1-2H3. The normalized spacial score (nSPS) is 10.1. The van der Waals surface area contributed by atoms with Crippen LogP contribution >= 0.6 is 11.6 Å². The van der Waals surface area contributed by atoms with E-state index in [4.69, 9.17) is 21.1 Å². The monoisotopic (exact) mass is 287 g/mol. The van der Waals surface area contributed by atoms with Gasteiger partial charge < -0.3 is 9.47 Å². The van der Waals surface area contributed by atoms with E-state index >= 15 is 0 Å². The molecule has 0 amide bonds. The number of ether oxygens (including phenoxy) is 2. The quantitative estimate of drug-likeness (QED) is 0.347. The molecule has 0 atom stereocenters. The summed E-state index contributed by atoms with van der Waals surface area (Å²) in [5.74, 6) is -0.149. The highest BCUT2D eigenvalue weighted by Gasteiger charge is 2.22. The van der Waals surface area contributed by atoms with E-state index in [-0.39, 0.29) is 30.2 Å². The molecule has 19 heavy (non-hydrogen) atoms. The maximum Gasteiger partial charge on any atom is 0.310 e. The Hall–Kier alpha value is -1.82. The van der Waals surface area contributed by atoms with E-state index in [1.54, 1.807) is 13.0 Å². The first-order chi connectivity index (χ1) is 9.03. The molecule has 0 saturated heterocycles. The smallest absolute Gasteiger partial charge is 0.310 e. The van der Waals surface area contributed by atoms with Gasteiger partial charge >= 0.3 is 5.97 Å². The summed E-state index contributed by atoms with van der Waals surface area (Å²) in [5.41, 5.74) is 0.558. The van der Waals surface area contributed by atoms with Gasteiger partial charge in [0.25, 0.3) is 5.69 Å². The fraction of sp³-hybridized carbons (Fsp3) is 0.417. The van der Waals surface area contributed by atoms with Gasteiger partial charge in [0.1, 0.15) is 5.75 Å². The van der Waals surface area contributed by atoms with Gasteiger partial charge in [0.2, 0.25) is 0 Å². The van der Waals surface area contributed by atoms with E-state index in [1.165, 1.54) is 13.2 Å². The number of halogens is 1. The predicted molar refractivity (Wildman–Crippen MR) is 69.5 cm³/mol. The lowest BCUT2D eigenvalue weighted by Gasteiger charge is -2.10. The van der Waals surface area contributed by atoms with Crippen LogP contribution in [0.1, 0.15) is 18.1 Å². The summed E-state index contributed by atoms with van der Waals surface area (Å²) in [7, 11) is 1.40. The van der Waals surface area contributed by atoms with Crippen LogP contribution in [0.2, 0.25) is 0 Å². The maximum atomic E-state index is 11.5. The van der Waals surface area contributed by atoms with Crippen LogP contribution in [0.4, 0.5) is 5.69 Å². The lowest BCUT2D eigenvalue weighted by Crippen LogP contribution is -2.11. The van der Waals surface area contributed by atoms with E-state index in [0.717, 1.165) is 0 Å². The molecule has 0 aromatic heterocycles. The van der Waals surface area contributed by atoms with Gasteiger partial charge in [-0.25, -0.2) is 0 Å². The molecule has 1 rings (SSSR count). The van der Waals surface area contributed by atoms with Crippen molar-refractivity contribution in [2.24, 2.45) is 0 Å². The van der Waals surface area contributed by atoms with Crippen LogP contribution in [0, 0.1) is 10.1 Å². The average molecular weight is 288 g/mol. The Labute approximate surface area is 115 Å². The molecule has 0 radical (unpaired) electrons. The molecule has 0 heterocycles. The highest BCUT2D eigenvalue weighted by molar-refractivity contribution is 6.17. The molecular formula is C12H14ClNO5. The zero-order chi connectivity index (χ0) is 14.4. The van der Waals surface area contributed by atoms with Crippen molar-refractivity contribution in [3.8, 4) is 5.75 Å². The molecule has 6 nitrogen and oxygen atoms in total. The maximum absolute atomic E-state index is 11.5. The molecule has 1 aromatic rings. The molecule has 0 aliphatic rings. The summed E-state index contributed by atoms with van der Waals surface area (Å²) in [6.07, 6.45) is -0.184. The van der Waals surface area contributed by atoms with E-state index in [0.29, 0.717) is 11.3 Å². The summed E-state index contributed by atoms with van der Waals surface area (Å²) in [4.78, 5) is 22.0.